The van der Waals surface area contributed by atoms with Crippen LogP contribution in [0.4, 0.5) is 5.69 Å². The molecule has 0 aliphatic rings. The van der Waals surface area contributed by atoms with Crippen molar-refractivity contribution in [2.24, 2.45) is 5.92 Å². The highest BCUT2D eigenvalue weighted by Gasteiger charge is 2.18. The molecular weight excluding hydrogens is 302 g/mol. The summed E-state index contributed by atoms with van der Waals surface area (Å²) in [5.74, 6) is 1.34. The molecule has 0 aliphatic heterocycles. The fraction of sp³-hybridized carbons (Fsp3) is 0.412. The largest absolute Gasteiger partial charge is 0.491 e. The summed E-state index contributed by atoms with van der Waals surface area (Å²) >= 11 is 7.92. The van der Waals surface area contributed by atoms with Gasteiger partial charge in [0.15, 0.2) is 0 Å². The fourth-order valence-corrected chi connectivity index (χ4v) is 3.28. The Morgan fingerprint density at radius 1 is 1.29 bits per heavy atom. The Hall–Kier alpha value is -1.19. The van der Waals surface area contributed by atoms with E-state index in [0.717, 1.165) is 22.9 Å². The molecule has 1 atom stereocenters. The first-order valence-electron chi connectivity index (χ1n) is 7.34. The summed E-state index contributed by atoms with van der Waals surface area (Å²) in [6.45, 7) is 7.25. The molecule has 2 aromatic rings. The summed E-state index contributed by atoms with van der Waals surface area (Å²) < 4.78 is 5.82. The lowest BCUT2D eigenvalue weighted by Gasteiger charge is -2.24. The van der Waals surface area contributed by atoms with Crippen LogP contribution in [-0.4, -0.2) is 6.61 Å². The van der Waals surface area contributed by atoms with Gasteiger partial charge in [-0.3, -0.25) is 0 Å². The number of nitrogens with one attached hydrogen (secondary N) is 1. The molecule has 4 heteroatoms. The van der Waals surface area contributed by atoms with Crippen molar-refractivity contribution in [3.05, 3.63) is 45.6 Å². The molecule has 21 heavy (non-hydrogen) atoms. The number of thiophene rings is 1. The second-order valence-corrected chi connectivity index (χ2v) is 6.79. The summed E-state index contributed by atoms with van der Waals surface area (Å²) in [5.41, 5.74) is 0.961. The van der Waals surface area contributed by atoms with Gasteiger partial charge in [0, 0.05) is 9.90 Å². The third-order valence-electron chi connectivity index (χ3n) is 3.23. The van der Waals surface area contributed by atoms with Gasteiger partial charge in [0.05, 0.1) is 18.3 Å². The molecule has 0 fully saturated rings. The summed E-state index contributed by atoms with van der Waals surface area (Å²) in [4.78, 5) is 1.33. The van der Waals surface area contributed by atoms with Gasteiger partial charge in [-0.05, 0) is 42.0 Å². The zero-order valence-corrected chi connectivity index (χ0v) is 14.3. The van der Waals surface area contributed by atoms with Gasteiger partial charge < -0.3 is 10.1 Å². The van der Waals surface area contributed by atoms with Crippen molar-refractivity contribution in [1.82, 2.24) is 0 Å². The van der Waals surface area contributed by atoms with E-state index in [1.54, 1.807) is 11.3 Å². The highest BCUT2D eigenvalue weighted by Crippen LogP contribution is 2.35. The first-order valence-corrected chi connectivity index (χ1v) is 8.60. The van der Waals surface area contributed by atoms with E-state index < -0.39 is 0 Å². The van der Waals surface area contributed by atoms with Crippen molar-refractivity contribution in [2.45, 2.75) is 33.2 Å². The van der Waals surface area contributed by atoms with Crippen LogP contribution in [0.5, 0.6) is 5.75 Å². The molecule has 0 bridgehead atoms. The lowest BCUT2D eigenvalue weighted by molar-refractivity contribution is 0.318. The Morgan fingerprint density at radius 3 is 2.71 bits per heavy atom. The molecule has 1 aromatic carbocycles. The lowest BCUT2D eigenvalue weighted by atomic mass is 10.0. The van der Waals surface area contributed by atoms with Crippen LogP contribution in [0, 0.1) is 5.92 Å². The van der Waals surface area contributed by atoms with Crippen LogP contribution in [-0.2, 0) is 0 Å². The van der Waals surface area contributed by atoms with Gasteiger partial charge in [-0.15, -0.1) is 11.3 Å². The number of hydrogen-bond acceptors (Lipinski definition) is 3. The molecule has 1 heterocycles. The average Bonchev–Trinajstić information content (AvgIpc) is 2.97. The van der Waals surface area contributed by atoms with E-state index >= 15 is 0 Å². The van der Waals surface area contributed by atoms with Crippen LogP contribution in [0.3, 0.4) is 0 Å². The van der Waals surface area contributed by atoms with Gasteiger partial charge in [-0.2, -0.15) is 0 Å². The lowest BCUT2D eigenvalue weighted by Crippen LogP contribution is -2.16. The van der Waals surface area contributed by atoms with Crippen molar-refractivity contribution >= 4 is 28.6 Å². The zero-order valence-electron chi connectivity index (χ0n) is 12.7. The van der Waals surface area contributed by atoms with Gasteiger partial charge in [-0.25, -0.2) is 0 Å². The van der Waals surface area contributed by atoms with Crippen LogP contribution in [0.15, 0.2) is 35.7 Å². The quantitative estimate of drug-likeness (QED) is 0.674. The Kier molecular flexibility index (Phi) is 5.95. The fourth-order valence-electron chi connectivity index (χ4n) is 2.15. The number of anilines is 1. The van der Waals surface area contributed by atoms with Crippen molar-refractivity contribution < 1.29 is 4.74 Å². The number of benzene rings is 1. The van der Waals surface area contributed by atoms with E-state index in [0.29, 0.717) is 12.5 Å². The topological polar surface area (TPSA) is 21.3 Å². The standard InChI is InChI=1S/C17H22ClNOS/c1-4-9-20-15-8-7-13(18)11-14(15)19-17(12(2)3)16-6-5-10-21-16/h5-8,10-12,17,19H,4,9H2,1-3H3. The minimum absolute atomic E-state index is 0.257. The molecule has 0 spiro atoms. The number of rotatable bonds is 7. The van der Waals surface area contributed by atoms with Crippen LogP contribution in [0.1, 0.15) is 38.1 Å². The average molecular weight is 324 g/mol. The summed E-state index contributed by atoms with van der Waals surface area (Å²) in [7, 11) is 0. The molecule has 2 nitrogen and oxygen atoms in total. The normalized spacial score (nSPS) is 12.4. The van der Waals surface area contributed by atoms with Gasteiger partial charge in [-0.1, -0.05) is 38.4 Å². The van der Waals surface area contributed by atoms with Crippen molar-refractivity contribution in [2.75, 3.05) is 11.9 Å². The molecule has 1 unspecified atom stereocenters. The minimum Gasteiger partial charge on any atom is -0.491 e. The highest BCUT2D eigenvalue weighted by atomic mass is 35.5. The molecule has 0 radical (unpaired) electrons. The number of ether oxygens (including phenoxy) is 1. The molecule has 1 N–H and O–H groups in total. The first kappa shape index (κ1) is 16.2. The second-order valence-electron chi connectivity index (χ2n) is 5.37. The molecule has 1 aromatic heterocycles. The first-order chi connectivity index (χ1) is 10.1. The second kappa shape index (κ2) is 7.71. The monoisotopic (exact) mass is 323 g/mol. The van der Waals surface area contributed by atoms with Gasteiger partial charge in [0.25, 0.3) is 0 Å². The third kappa shape index (κ3) is 4.39. The molecular formula is C17H22ClNOS. The van der Waals surface area contributed by atoms with Gasteiger partial charge >= 0.3 is 0 Å². The maximum Gasteiger partial charge on any atom is 0.142 e. The predicted octanol–water partition coefficient (Wildman–Crippen LogP) is 6.00. The molecule has 0 saturated heterocycles. The van der Waals surface area contributed by atoms with Crippen LogP contribution in [0.2, 0.25) is 5.02 Å². The Morgan fingerprint density at radius 2 is 2.10 bits per heavy atom. The molecule has 2 rings (SSSR count). The van der Waals surface area contributed by atoms with E-state index in [9.17, 15) is 0 Å². The minimum atomic E-state index is 0.257. The summed E-state index contributed by atoms with van der Waals surface area (Å²) in [5, 5.41) is 6.43. The van der Waals surface area contributed by atoms with E-state index in [1.807, 2.05) is 18.2 Å². The Bertz CT molecular complexity index is 554. The van der Waals surface area contributed by atoms with E-state index in [4.69, 9.17) is 16.3 Å². The molecule has 0 amide bonds. The Balaban J connectivity index is 2.25. The van der Waals surface area contributed by atoms with E-state index in [2.05, 4.69) is 43.6 Å². The smallest absolute Gasteiger partial charge is 0.142 e. The van der Waals surface area contributed by atoms with Crippen LogP contribution in [0.25, 0.3) is 0 Å². The number of halogens is 1. The van der Waals surface area contributed by atoms with Gasteiger partial charge in [0.2, 0.25) is 0 Å². The predicted molar refractivity (Wildman–Crippen MR) is 92.8 cm³/mol. The Labute approximate surface area is 136 Å². The molecule has 0 saturated carbocycles. The van der Waals surface area contributed by atoms with Gasteiger partial charge in [0.1, 0.15) is 5.75 Å². The van der Waals surface area contributed by atoms with Crippen LogP contribution >= 0.6 is 22.9 Å². The van der Waals surface area contributed by atoms with E-state index in [1.165, 1.54) is 4.88 Å². The third-order valence-corrected chi connectivity index (χ3v) is 4.42. The number of hydrogen-bond donors (Lipinski definition) is 1. The maximum atomic E-state index is 6.15. The van der Waals surface area contributed by atoms with E-state index in [-0.39, 0.29) is 6.04 Å². The van der Waals surface area contributed by atoms with Crippen molar-refractivity contribution in [3.63, 3.8) is 0 Å². The van der Waals surface area contributed by atoms with Crippen molar-refractivity contribution in [3.8, 4) is 5.75 Å². The van der Waals surface area contributed by atoms with Crippen LogP contribution < -0.4 is 10.1 Å². The molecule has 114 valence electrons. The maximum absolute atomic E-state index is 6.15. The zero-order chi connectivity index (χ0) is 15.2. The SMILES string of the molecule is CCCOc1ccc(Cl)cc1NC(c1cccs1)C(C)C. The summed E-state index contributed by atoms with van der Waals surface area (Å²) in [6, 6.07) is 10.3. The summed E-state index contributed by atoms with van der Waals surface area (Å²) in [6.07, 6.45) is 0.987. The molecule has 0 aliphatic carbocycles. The highest BCUT2D eigenvalue weighted by molar-refractivity contribution is 7.10. The van der Waals surface area contributed by atoms with Crippen molar-refractivity contribution in [1.29, 1.82) is 0 Å².